The highest BCUT2D eigenvalue weighted by molar-refractivity contribution is 6.38. The van der Waals surface area contributed by atoms with Crippen molar-refractivity contribution in [1.29, 1.82) is 0 Å². The summed E-state index contributed by atoms with van der Waals surface area (Å²) in [7, 11) is 0. The van der Waals surface area contributed by atoms with E-state index in [-0.39, 0.29) is 18.2 Å². The molecule has 0 saturated carbocycles. The van der Waals surface area contributed by atoms with Crippen molar-refractivity contribution in [3.05, 3.63) is 0 Å². The van der Waals surface area contributed by atoms with Gasteiger partial charge in [0, 0.05) is 25.0 Å². The van der Waals surface area contributed by atoms with Crippen molar-refractivity contribution in [2.45, 2.75) is 47.6 Å². The highest BCUT2D eigenvalue weighted by atomic mass is 16.2. The third-order valence-corrected chi connectivity index (χ3v) is 3.90. The Morgan fingerprint density at radius 2 is 1.70 bits per heavy atom. The van der Waals surface area contributed by atoms with Crippen LogP contribution in [-0.4, -0.2) is 59.1 Å². The van der Waals surface area contributed by atoms with E-state index in [1.807, 2.05) is 13.8 Å². The summed E-state index contributed by atoms with van der Waals surface area (Å²) in [5, 5.41) is 2.62. The van der Waals surface area contributed by atoms with Crippen LogP contribution >= 0.6 is 0 Å². The number of nitrogens with zero attached hydrogens (tertiary/aromatic N) is 2. The van der Waals surface area contributed by atoms with Gasteiger partial charge in [0.1, 0.15) is 0 Å². The number of carbonyl (C=O) groups is 4. The Morgan fingerprint density at radius 3 is 2.13 bits per heavy atom. The Bertz CT molecular complexity index is 508. The molecule has 1 fully saturated rings. The summed E-state index contributed by atoms with van der Waals surface area (Å²) < 4.78 is 0. The zero-order chi connectivity index (χ0) is 17.9. The van der Waals surface area contributed by atoms with Crippen LogP contribution in [0.25, 0.3) is 0 Å². The van der Waals surface area contributed by atoms with Crippen molar-refractivity contribution >= 4 is 23.6 Å². The standard InChI is InChI=1S/C16H27N3O4/c1-7-18-8-9-19(14(22)13(18)21)15(23)17-11(10(2)3)12(20)16(4,5)6/h10-11H,7-9H2,1-6H3,(H,17,23)/t11-/m1/s1. The van der Waals surface area contributed by atoms with Crippen LogP contribution in [0.1, 0.15) is 41.5 Å². The van der Waals surface area contributed by atoms with E-state index in [0.29, 0.717) is 13.1 Å². The molecule has 130 valence electrons. The molecule has 1 atom stereocenters. The van der Waals surface area contributed by atoms with Gasteiger partial charge >= 0.3 is 17.8 Å². The molecule has 0 aromatic rings. The SMILES string of the molecule is CCN1CCN(C(=O)N[C@@H](C(=O)C(C)(C)C)C(C)C)C(=O)C1=O. The van der Waals surface area contributed by atoms with Gasteiger partial charge < -0.3 is 10.2 Å². The van der Waals surface area contributed by atoms with Gasteiger partial charge in [-0.15, -0.1) is 0 Å². The highest BCUT2D eigenvalue weighted by Gasteiger charge is 2.38. The quantitative estimate of drug-likeness (QED) is 0.782. The molecule has 1 rings (SSSR count). The first-order chi connectivity index (χ1) is 10.5. The Balaban J connectivity index is 2.86. The normalized spacial score (nSPS) is 17.5. The lowest BCUT2D eigenvalue weighted by atomic mass is 9.82. The van der Waals surface area contributed by atoms with Gasteiger partial charge in [0.05, 0.1) is 6.04 Å². The van der Waals surface area contributed by atoms with Gasteiger partial charge in [-0.25, -0.2) is 4.79 Å². The van der Waals surface area contributed by atoms with Gasteiger partial charge in [0.2, 0.25) is 0 Å². The highest BCUT2D eigenvalue weighted by Crippen LogP contribution is 2.20. The summed E-state index contributed by atoms with van der Waals surface area (Å²) in [6.45, 7) is 11.7. The Morgan fingerprint density at radius 1 is 1.13 bits per heavy atom. The first-order valence-corrected chi connectivity index (χ1v) is 7.96. The molecule has 1 aliphatic heterocycles. The van der Waals surface area contributed by atoms with Gasteiger partial charge in [0.25, 0.3) is 0 Å². The van der Waals surface area contributed by atoms with Crippen LogP contribution in [0.4, 0.5) is 4.79 Å². The molecule has 1 saturated heterocycles. The molecule has 23 heavy (non-hydrogen) atoms. The van der Waals surface area contributed by atoms with Gasteiger partial charge in [-0.2, -0.15) is 0 Å². The van der Waals surface area contributed by atoms with Crippen LogP contribution in [0, 0.1) is 11.3 Å². The van der Waals surface area contributed by atoms with Crippen molar-refractivity contribution in [3.63, 3.8) is 0 Å². The number of rotatable bonds is 4. The number of imide groups is 1. The average Bonchev–Trinajstić information content (AvgIpc) is 2.45. The van der Waals surface area contributed by atoms with Gasteiger partial charge in [-0.05, 0) is 12.8 Å². The van der Waals surface area contributed by atoms with Gasteiger partial charge in [0.15, 0.2) is 5.78 Å². The summed E-state index contributed by atoms with van der Waals surface area (Å²) in [4.78, 5) is 51.0. The summed E-state index contributed by atoms with van der Waals surface area (Å²) >= 11 is 0. The molecule has 1 aliphatic rings. The van der Waals surface area contributed by atoms with Gasteiger partial charge in [-0.1, -0.05) is 34.6 Å². The molecule has 0 aromatic heterocycles. The molecule has 1 heterocycles. The van der Waals surface area contributed by atoms with E-state index < -0.39 is 29.3 Å². The molecular formula is C16H27N3O4. The molecule has 0 unspecified atom stereocenters. The molecular weight excluding hydrogens is 298 g/mol. The predicted octanol–water partition coefficient (Wildman–Crippen LogP) is 1.03. The lowest BCUT2D eigenvalue weighted by Crippen LogP contribution is -2.60. The zero-order valence-corrected chi connectivity index (χ0v) is 14.8. The van der Waals surface area contributed by atoms with Crippen molar-refractivity contribution < 1.29 is 19.2 Å². The largest absolute Gasteiger partial charge is 0.333 e. The first-order valence-electron chi connectivity index (χ1n) is 7.96. The minimum absolute atomic E-state index is 0.105. The number of urea groups is 1. The number of nitrogens with one attached hydrogen (secondary N) is 1. The fraction of sp³-hybridized carbons (Fsp3) is 0.750. The first kappa shape index (κ1) is 19.1. The minimum atomic E-state index is -0.846. The van der Waals surface area contributed by atoms with Crippen LogP contribution < -0.4 is 5.32 Å². The van der Waals surface area contributed by atoms with Gasteiger partial charge in [-0.3, -0.25) is 19.3 Å². The number of piperazine rings is 1. The summed E-state index contributed by atoms with van der Waals surface area (Å²) in [6.07, 6.45) is 0. The third-order valence-electron chi connectivity index (χ3n) is 3.90. The number of Topliss-reactive ketones (excluding diaryl/α,β-unsaturated/α-hetero) is 1. The van der Waals surface area contributed by atoms with Crippen LogP contribution in [0.15, 0.2) is 0 Å². The Hall–Kier alpha value is -1.92. The molecule has 4 amide bonds. The summed E-state index contributed by atoms with van der Waals surface area (Å²) in [6, 6.07) is -1.38. The lowest BCUT2D eigenvalue weighted by Gasteiger charge is -2.34. The smallest absolute Gasteiger partial charge is 0.325 e. The fourth-order valence-corrected chi connectivity index (χ4v) is 2.38. The minimum Gasteiger partial charge on any atom is -0.333 e. The average molecular weight is 325 g/mol. The second-order valence-corrected chi connectivity index (χ2v) is 7.13. The molecule has 0 radical (unpaired) electrons. The van der Waals surface area contributed by atoms with Crippen molar-refractivity contribution in [3.8, 4) is 0 Å². The second kappa shape index (κ2) is 7.10. The topological polar surface area (TPSA) is 86.8 Å². The fourth-order valence-electron chi connectivity index (χ4n) is 2.38. The Labute approximate surface area is 137 Å². The third kappa shape index (κ3) is 4.30. The van der Waals surface area contributed by atoms with E-state index in [2.05, 4.69) is 5.32 Å². The lowest BCUT2D eigenvalue weighted by molar-refractivity contribution is -0.153. The molecule has 0 spiro atoms. The zero-order valence-electron chi connectivity index (χ0n) is 14.8. The van der Waals surface area contributed by atoms with E-state index in [4.69, 9.17) is 0 Å². The second-order valence-electron chi connectivity index (χ2n) is 7.13. The molecule has 7 nitrogen and oxygen atoms in total. The number of hydrogen-bond acceptors (Lipinski definition) is 4. The van der Waals surface area contributed by atoms with Crippen LogP contribution in [0.3, 0.4) is 0 Å². The van der Waals surface area contributed by atoms with Crippen LogP contribution in [-0.2, 0) is 14.4 Å². The summed E-state index contributed by atoms with van der Waals surface area (Å²) in [5.41, 5.74) is -0.608. The maximum atomic E-state index is 12.5. The molecule has 0 aliphatic carbocycles. The van der Waals surface area contributed by atoms with Crippen LogP contribution in [0.5, 0.6) is 0 Å². The molecule has 0 aromatic carbocycles. The number of amides is 4. The Kier molecular flexibility index (Phi) is 5.91. The maximum absolute atomic E-state index is 12.5. The monoisotopic (exact) mass is 325 g/mol. The van der Waals surface area contributed by atoms with E-state index in [9.17, 15) is 19.2 Å². The van der Waals surface area contributed by atoms with E-state index in [0.717, 1.165) is 4.90 Å². The van der Waals surface area contributed by atoms with Crippen molar-refractivity contribution in [2.75, 3.05) is 19.6 Å². The van der Waals surface area contributed by atoms with E-state index >= 15 is 0 Å². The molecule has 0 bridgehead atoms. The number of carbonyl (C=O) groups excluding carboxylic acids is 4. The van der Waals surface area contributed by atoms with E-state index in [1.165, 1.54) is 4.90 Å². The number of hydrogen-bond donors (Lipinski definition) is 1. The molecule has 1 N–H and O–H groups in total. The summed E-state index contributed by atoms with van der Waals surface area (Å²) in [5.74, 6) is -1.75. The van der Waals surface area contributed by atoms with Crippen LogP contribution in [0.2, 0.25) is 0 Å². The van der Waals surface area contributed by atoms with Crippen molar-refractivity contribution in [2.24, 2.45) is 11.3 Å². The van der Waals surface area contributed by atoms with Crippen molar-refractivity contribution in [1.82, 2.24) is 15.1 Å². The van der Waals surface area contributed by atoms with E-state index in [1.54, 1.807) is 27.7 Å². The maximum Gasteiger partial charge on any atom is 0.325 e. The molecule has 7 heteroatoms. The number of ketones is 1. The predicted molar refractivity (Wildman–Crippen MR) is 85.6 cm³/mol. The number of likely N-dealkylation sites (N-methyl/N-ethyl adjacent to an activating group) is 1.